The Bertz CT molecular complexity index is 827. The molecule has 5 heteroatoms. The molecule has 24 heavy (non-hydrogen) atoms. The van der Waals surface area contributed by atoms with Crippen molar-refractivity contribution in [2.24, 2.45) is 0 Å². The van der Waals surface area contributed by atoms with Crippen LogP contribution in [0, 0.1) is 5.82 Å². The lowest BCUT2D eigenvalue weighted by Crippen LogP contribution is -2.42. The van der Waals surface area contributed by atoms with E-state index in [0.29, 0.717) is 12.2 Å². The quantitative estimate of drug-likeness (QED) is 0.720. The predicted octanol–water partition coefficient (Wildman–Crippen LogP) is 4.88. The van der Waals surface area contributed by atoms with Crippen molar-refractivity contribution in [3.63, 3.8) is 0 Å². The van der Waals surface area contributed by atoms with E-state index in [9.17, 15) is 4.39 Å². The topological polar surface area (TPSA) is 37.8 Å². The molecule has 0 amide bonds. The van der Waals surface area contributed by atoms with Crippen LogP contribution in [0.2, 0.25) is 0 Å². The van der Waals surface area contributed by atoms with E-state index >= 15 is 0 Å². The molecule has 4 rings (SSSR count). The average Bonchev–Trinajstić information content (AvgIpc) is 3.05. The minimum atomic E-state index is -0.205. The number of hydrogen-bond acceptors (Lipinski definition) is 4. The van der Waals surface area contributed by atoms with Gasteiger partial charge in [-0.1, -0.05) is 48.1 Å². The van der Waals surface area contributed by atoms with Gasteiger partial charge in [-0.15, -0.1) is 0 Å². The number of nitrogens with zero attached hydrogens (tertiary/aromatic N) is 2. The molecule has 0 atom stereocenters. The molecular weight excluding hydrogens is 321 g/mol. The lowest BCUT2D eigenvalue weighted by Gasteiger charge is -2.41. The smallest absolute Gasteiger partial charge is 0.183 e. The van der Waals surface area contributed by atoms with Crippen LogP contribution >= 0.6 is 11.3 Å². The van der Waals surface area contributed by atoms with Gasteiger partial charge in [0.05, 0.1) is 10.6 Å². The molecule has 3 nitrogen and oxygen atoms in total. The highest BCUT2D eigenvalue weighted by molar-refractivity contribution is 7.18. The van der Waals surface area contributed by atoms with Crippen molar-refractivity contribution in [2.45, 2.75) is 24.7 Å². The minimum Gasteiger partial charge on any atom is -0.361 e. The van der Waals surface area contributed by atoms with Gasteiger partial charge in [0.25, 0.3) is 0 Å². The molecule has 1 N–H and O–H groups in total. The van der Waals surface area contributed by atoms with E-state index in [2.05, 4.69) is 27.4 Å². The summed E-state index contributed by atoms with van der Waals surface area (Å²) in [5.74, 6) is -0.205. The predicted molar refractivity (Wildman–Crippen MR) is 95.8 cm³/mol. The third-order valence-electron chi connectivity index (χ3n) is 4.71. The van der Waals surface area contributed by atoms with E-state index < -0.39 is 0 Å². The van der Waals surface area contributed by atoms with Crippen LogP contribution < -0.4 is 5.32 Å². The lowest BCUT2D eigenvalue weighted by molar-refractivity contribution is 0.243. The number of halogens is 1. The van der Waals surface area contributed by atoms with E-state index in [4.69, 9.17) is 0 Å². The highest BCUT2D eigenvalue weighted by atomic mass is 32.1. The summed E-state index contributed by atoms with van der Waals surface area (Å²) in [6.07, 6.45) is 6.60. The zero-order valence-electron chi connectivity index (χ0n) is 13.2. The average molecular weight is 339 g/mol. The molecule has 0 spiro atoms. The fourth-order valence-electron chi connectivity index (χ4n) is 3.21. The zero-order chi connectivity index (χ0) is 16.4. The first kappa shape index (κ1) is 15.3. The molecule has 3 aromatic rings. The van der Waals surface area contributed by atoms with Crippen LogP contribution in [-0.2, 0) is 5.41 Å². The van der Waals surface area contributed by atoms with Gasteiger partial charge in [-0.2, -0.15) is 0 Å². The second kappa shape index (κ2) is 6.32. The van der Waals surface area contributed by atoms with Crippen LogP contribution in [0.3, 0.4) is 0 Å². The summed E-state index contributed by atoms with van der Waals surface area (Å²) in [5, 5.41) is 4.28. The molecule has 0 radical (unpaired) electrons. The van der Waals surface area contributed by atoms with Crippen molar-refractivity contribution < 1.29 is 4.39 Å². The molecule has 1 aromatic carbocycles. The zero-order valence-corrected chi connectivity index (χ0v) is 14.0. The maximum atomic E-state index is 14.2. The van der Waals surface area contributed by atoms with E-state index in [1.54, 1.807) is 23.6 Å². The number of hydrogen-bond donors (Lipinski definition) is 1. The Morgan fingerprint density at radius 1 is 1.08 bits per heavy atom. The highest BCUT2D eigenvalue weighted by Crippen LogP contribution is 2.44. The molecule has 2 aromatic heterocycles. The lowest BCUT2D eigenvalue weighted by atomic mass is 9.66. The Balaban J connectivity index is 1.50. The van der Waals surface area contributed by atoms with Gasteiger partial charge in [0.15, 0.2) is 5.13 Å². The summed E-state index contributed by atoms with van der Waals surface area (Å²) in [5.41, 5.74) is 1.55. The summed E-state index contributed by atoms with van der Waals surface area (Å²) < 4.78 is 14.2. The third-order valence-corrected chi connectivity index (χ3v) is 5.72. The minimum absolute atomic E-state index is 0.204. The van der Waals surface area contributed by atoms with Crippen molar-refractivity contribution in [1.82, 2.24) is 9.97 Å². The van der Waals surface area contributed by atoms with Gasteiger partial charge in [-0.05, 0) is 30.5 Å². The Kier molecular flexibility index (Phi) is 4.02. The van der Waals surface area contributed by atoms with Crippen LogP contribution in [0.15, 0.2) is 54.9 Å². The Morgan fingerprint density at radius 2 is 1.92 bits per heavy atom. The monoisotopic (exact) mass is 339 g/mol. The summed E-state index contributed by atoms with van der Waals surface area (Å²) in [7, 11) is 0. The summed E-state index contributed by atoms with van der Waals surface area (Å²) in [6.45, 7) is 0.669. The second-order valence-corrected chi connectivity index (χ2v) is 7.25. The number of rotatable bonds is 5. The van der Waals surface area contributed by atoms with Crippen molar-refractivity contribution in [1.29, 1.82) is 0 Å². The van der Waals surface area contributed by atoms with Gasteiger partial charge in [-0.3, -0.25) is 4.98 Å². The van der Waals surface area contributed by atoms with Gasteiger partial charge >= 0.3 is 0 Å². The first-order valence-electron chi connectivity index (χ1n) is 8.13. The molecule has 1 aliphatic rings. The van der Waals surface area contributed by atoms with Crippen LogP contribution in [0.4, 0.5) is 9.52 Å². The van der Waals surface area contributed by atoms with Crippen LogP contribution in [0.1, 0.15) is 25.0 Å². The van der Waals surface area contributed by atoms with Crippen LogP contribution in [0.25, 0.3) is 10.4 Å². The molecule has 1 saturated carbocycles. The van der Waals surface area contributed by atoms with Crippen LogP contribution in [0.5, 0.6) is 0 Å². The number of thiazole rings is 1. The maximum absolute atomic E-state index is 14.2. The third kappa shape index (κ3) is 2.80. The second-order valence-electron chi connectivity index (χ2n) is 6.22. The van der Waals surface area contributed by atoms with Gasteiger partial charge < -0.3 is 5.32 Å². The fourth-order valence-corrected chi connectivity index (χ4v) is 4.03. The molecule has 0 saturated heterocycles. The first-order chi connectivity index (χ1) is 11.8. The number of nitrogens with one attached hydrogen (secondary N) is 1. The molecule has 122 valence electrons. The SMILES string of the molecule is Fc1cccnc1C1(CNc2ncc(-c3ccccc3)s2)CCC1. The van der Waals surface area contributed by atoms with Crippen molar-refractivity contribution in [3.8, 4) is 10.4 Å². The normalized spacial score (nSPS) is 15.7. The van der Waals surface area contributed by atoms with Gasteiger partial charge in [0.1, 0.15) is 5.82 Å². The summed E-state index contributed by atoms with van der Waals surface area (Å²) >= 11 is 1.62. The van der Waals surface area contributed by atoms with E-state index in [-0.39, 0.29) is 11.2 Å². The maximum Gasteiger partial charge on any atom is 0.183 e. The standard InChI is InChI=1S/C19H18FN3S/c20-15-8-4-11-21-17(15)19(9-5-10-19)13-23-18-22-12-16(24-18)14-6-2-1-3-7-14/h1-4,6-8,11-12H,5,9-10,13H2,(H,22,23). The van der Waals surface area contributed by atoms with Crippen molar-refractivity contribution in [3.05, 3.63) is 66.4 Å². The Labute approximate surface area is 144 Å². The van der Waals surface area contributed by atoms with Crippen LogP contribution in [-0.4, -0.2) is 16.5 Å². The largest absolute Gasteiger partial charge is 0.361 e. The number of pyridine rings is 1. The molecule has 1 fully saturated rings. The number of benzene rings is 1. The van der Waals surface area contributed by atoms with Gasteiger partial charge in [-0.25, -0.2) is 9.37 Å². The first-order valence-corrected chi connectivity index (χ1v) is 8.95. The Morgan fingerprint density at radius 3 is 2.62 bits per heavy atom. The van der Waals surface area contributed by atoms with E-state index in [1.807, 2.05) is 24.4 Å². The van der Waals surface area contributed by atoms with E-state index in [0.717, 1.165) is 34.8 Å². The molecular formula is C19H18FN3S. The Hall–Kier alpha value is -2.27. The molecule has 0 unspecified atom stereocenters. The van der Waals surface area contributed by atoms with Gasteiger partial charge in [0, 0.05) is 24.4 Å². The summed E-state index contributed by atoms with van der Waals surface area (Å²) in [6, 6.07) is 13.4. The molecule has 0 bridgehead atoms. The van der Waals surface area contributed by atoms with E-state index in [1.165, 1.54) is 6.07 Å². The summed E-state index contributed by atoms with van der Waals surface area (Å²) in [4.78, 5) is 9.90. The number of anilines is 1. The molecule has 0 aliphatic heterocycles. The van der Waals surface area contributed by atoms with Gasteiger partial charge in [0.2, 0.25) is 0 Å². The molecule has 2 heterocycles. The van der Waals surface area contributed by atoms with Crippen molar-refractivity contribution >= 4 is 16.5 Å². The number of aromatic nitrogens is 2. The highest BCUT2D eigenvalue weighted by Gasteiger charge is 2.41. The van der Waals surface area contributed by atoms with Crippen molar-refractivity contribution in [2.75, 3.05) is 11.9 Å². The fraction of sp³-hybridized carbons (Fsp3) is 0.263. The molecule has 1 aliphatic carbocycles.